The molecule has 5 nitrogen and oxygen atoms in total. The smallest absolute Gasteiger partial charge is 0.243 e. The van der Waals surface area contributed by atoms with Gasteiger partial charge in [-0.05, 0) is 18.1 Å². The number of nitrogens with two attached hydrogens (primary N) is 1. The Morgan fingerprint density at radius 2 is 2.23 bits per heavy atom. The first-order valence-electron chi connectivity index (χ1n) is 6.82. The van der Waals surface area contributed by atoms with Crippen LogP contribution in [0, 0.1) is 5.92 Å². The maximum Gasteiger partial charge on any atom is 0.243 e. The van der Waals surface area contributed by atoms with Gasteiger partial charge >= 0.3 is 0 Å². The molecule has 0 aliphatic rings. The molecule has 7 heteroatoms. The summed E-state index contributed by atoms with van der Waals surface area (Å²) >= 11 is 1.34. The lowest BCUT2D eigenvalue weighted by atomic mass is 10.00. The minimum atomic E-state index is -0.539. The van der Waals surface area contributed by atoms with Crippen LogP contribution >= 0.6 is 23.7 Å². The minimum absolute atomic E-state index is 0. The number of benzene rings is 1. The summed E-state index contributed by atoms with van der Waals surface area (Å²) in [4.78, 5) is 16.4. The molecule has 1 heterocycles. The minimum Gasteiger partial charge on any atom is -0.508 e. The molecule has 1 aromatic carbocycles. The topological polar surface area (TPSA) is 88.2 Å². The lowest BCUT2D eigenvalue weighted by Gasteiger charge is -2.16. The first-order chi connectivity index (χ1) is 10.0. The number of aromatic hydroxyl groups is 1. The number of anilines is 1. The van der Waals surface area contributed by atoms with E-state index in [0.29, 0.717) is 10.8 Å². The van der Waals surface area contributed by atoms with Gasteiger partial charge in [-0.15, -0.1) is 23.7 Å². The average Bonchev–Trinajstić information content (AvgIpc) is 2.94. The van der Waals surface area contributed by atoms with Crippen LogP contribution in [0.5, 0.6) is 5.75 Å². The molecule has 0 aliphatic carbocycles. The van der Waals surface area contributed by atoms with E-state index in [1.807, 2.05) is 25.3 Å². The van der Waals surface area contributed by atoms with Crippen LogP contribution in [0.2, 0.25) is 0 Å². The van der Waals surface area contributed by atoms with Crippen molar-refractivity contribution >= 4 is 34.8 Å². The lowest BCUT2D eigenvalue weighted by molar-refractivity contribution is -0.118. The number of phenolic OH excluding ortho intramolecular Hbond substituents is 1. The zero-order valence-electron chi connectivity index (χ0n) is 12.4. The average molecular weight is 342 g/mol. The molecule has 2 rings (SSSR count). The Kier molecular flexibility index (Phi) is 6.80. The summed E-state index contributed by atoms with van der Waals surface area (Å²) in [5, 5.41) is 14.6. The molecule has 120 valence electrons. The third-order valence-corrected chi connectivity index (χ3v) is 4.19. The Morgan fingerprint density at radius 3 is 2.86 bits per heavy atom. The number of amides is 1. The summed E-state index contributed by atoms with van der Waals surface area (Å²) in [6.07, 6.45) is 0.848. The summed E-state index contributed by atoms with van der Waals surface area (Å²) in [6, 6.07) is 6.30. The molecule has 22 heavy (non-hydrogen) atoms. The van der Waals surface area contributed by atoms with Crippen LogP contribution in [0.15, 0.2) is 29.6 Å². The Hall–Kier alpha value is -1.63. The number of rotatable bonds is 5. The molecule has 2 unspecified atom stereocenters. The van der Waals surface area contributed by atoms with E-state index in [9.17, 15) is 9.90 Å². The largest absolute Gasteiger partial charge is 0.508 e. The van der Waals surface area contributed by atoms with Crippen molar-refractivity contribution in [2.75, 3.05) is 5.32 Å². The van der Waals surface area contributed by atoms with Crippen LogP contribution in [0.1, 0.15) is 20.3 Å². The first-order valence-corrected chi connectivity index (χ1v) is 7.70. The summed E-state index contributed by atoms with van der Waals surface area (Å²) in [5.41, 5.74) is 7.40. The second kappa shape index (κ2) is 8.12. The Morgan fingerprint density at radius 1 is 1.50 bits per heavy atom. The van der Waals surface area contributed by atoms with E-state index in [-0.39, 0.29) is 30.0 Å². The van der Waals surface area contributed by atoms with Crippen LogP contribution in [0.4, 0.5) is 5.13 Å². The molecule has 1 aromatic heterocycles. The highest BCUT2D eigenvalue weighted by Gasteiger charge is 2.20. The van der Waals surface area contributed by atoms with Gasteiger partial charge in [-0.1, -0.05) is 32.4 Å². The highest BCUT2D eigenvalue weighted by atomic mass is 35.5. The maximum absolute atomic E-state index is 12.0. The van der Waals surface area contributed by atoms with Gasteiger partial charge in [0, 0.05) is 10.9 Å². The normalized spacial score (nSPS) is 13.0. The van der Waals surface area contributed by atoms with Crippen LogP contribution in [0.25, 0.3) is 11.3 Å². The molecule has 0 aliphatic heterocycles. The SMILES string of the molecule is CCC(C)C(N)C(=O)Nc1nc(-c2cccc(O)c2)cs1.Cl. The summed E-state index contributed by atoms with van der Waals surface area (Å²) < 4.78 is 0. The van der Waals surface area contributed by atoms with Gasteiger partial charge < -0.3 is 16.2 Å². The van der Waals surface area contributed by atoms with Gasteiger partial charge in [-0.25, -0.2) is 4.98 Å². The number of nitrogens with one attached hydrogen (secondary N) is 1. The fourth-order valence-corrected chi connectivity index (χ4v) is 2.55. The number of hydrogen-bond donors (Lipinski definition) is 3. The second-order valence-corrected chi connectivity index (χ2v) is 5.85. The monoisotopic (exact) mass is 341 g/mol. The molecular weight excluding hydrogens is 322 g/mol. The van der Waals surface area contributed by atoms with Crippen molar-refractivity contribution in [1.29, 1.82) is 0 Å². The van der Waals surface area contributed by atoms with E-state index in [1.165, 1.54) is 11.3 Å². The van der Waals surface area contributed by atoms with Gasteiger partial charge in [0.15, 0.2) is 5.13 Å². The molecule has 4 N–H and O–H groups in total. The van der Waals surface area contributed by atoms with E-state index >= 15 is 0 Å². The van der Waals surface area contributed by atoms with Crippen molar-refractivity contribution < 1.29 is 9.90 Å². The fraction of sp³-hybridized carbons (Fsp3) is 0.333. The number of halogens is 1. The van der Waals surface area contributed by atoms with Crippen molar-refractivity contribution in [2.24, 2.45) is 11.7 Å². The molecule has 2 atom stereocenters. The third kappa shape index (κ3) is 4.43. The predicted molar refractivity (Wildman–Crippen MR) is 92.5 cm³/mol. The van der Waals surface area contributed by atoms with Crippen molar-refractivity contribution in [3.05, 3.63) is 29.6 Å². The second-order valence-electron chi connectivity index (χ2n) is 4.99. The molecule has 0 bridgehead atoms. The standard InChI is InChI=1S/C15H19N3O2S.ClH/c1-3-9(2)13(16)14(20)18-15-17-12(8-21-15)10-5-4-6-11(19)7-10;/h4-9,13,19H,3,16H2,1-2H3,(H,17,18,20);1H. The Balaban J connectivity index is 0.00000242. The quantitative estimate of drug-likeness (QED) is 0.778. The highest BCUT2D eigenvalue weighted by Crippen LogP contribution is 2.27. The molecule has 0 fully saturated rings. The summed E-state index contributed by atoms with van der Waals surface area (Å²) in [7, 11) is 0. The lowest BCUT2D eigenvalue weighted by Crippen LogP contribution is -2.40. The fourth-order valence-electron chi connectivity index (χ4n) is 1.83. The van der Waals surface area contributed by atoms with E-state index in [2.05, 4.69) is 10.3 Å². The molecular formula is C15H20ClN3O2S. The number of thiazole rings is 1. The van der Waals surface area contributed by atoms with Crippen molar-refractivity contribution in [3.63, 3.8) is 0 Å². The van der Waals surface area contributed by atoms with Crippen molar-refractivity contribution in [2.45, 2.75) is 26.3 Å². The summed E-state index contributed by atoms with van der Waals surface area (Å²) in [6.45, 7) is 3.95. The molecule has 0 saturated heterocycles. The maximum atomic E-state index is 12.0. The van der Waals surface area contributed by atoms with Crippen molar-refractivity contribution in [3.8, 4) is 17.0 Å². The number of nitrogens with zero attached hydrogens (tertiary/aromatic N) is 1. The van der Waals surface area contributed by atoms with Gasteiger partial charge in [-0.2, -0.15) is 0 Å². The van der Waals surface area contributed by atoms with E-state index < -0.39 is 6.04 Å². The van der Waals surface area contributed by atoms with Gasteiger partial charge in [0.2, 0.25) is 5.91 Å². The first kappa shape index (κ1) is 18.4. The molecule has 1 amide bonds. The van der Waals surface area contributed by atoms with E-state index in [4.69, 9.17) is 5.73 Å². The zero-order chi connectivity index (χ0) is 15.4. The predicted octanol–water partition coefficient (Wildman–Crippen LogP) is 3.25. The number of hydrogen-bond acceptors (Lipinski definition) is 5. The zero-order valence-corrected chi connectivity index (χ0v) is 14.1. The molecule has 0 spiro atoms. The number of carbonyl (C=O) groups excluding carboxylic acids is 1. The van der Waals surface area contributed by atoms with Crippen LogP contribution in [-0.2, 0) is 4.79 Å². The third-order valence-electron chi connectivity index (χ3n) is 3.44. The van der Waals surface area contributed by atoms with Crippen LogP contribution in [0.3, 0.4) is 0 Å². The highest BCUT2D eigenvalue weighted by molar-refractivity contribution is 7.14. The molecule has 2 aromatic rings. The van der Waals surface area contributed by atoms with E-state index in [0.717, 1.165) is 12.0 Å². The Labute approximate surface area is 140 Å². The Bertz CT molecular complexity index is 633. The number of aromatic nitrogens is 1. The number of phenols is 1. The van der Waals surface area contributed by atoms with Crippen molar-refractivity contribution in [1.82, 2.24) is 4.98 Å². The molecule has 0 radical (unpaired) electrons. The van der Waals surface area contributed by atoms with Gasteiger partial charge in [0.25, 0.3) is 0 Å². The van der Waals surface area contributed by atoms with Crippen LogP contribution in [-0.4, -0.2) is 22.0 Å². The van der Waals surface area contributed by atoms with Gasteiger partial charge in [0.1, 0.15) is 5.75 Å². The molecule has 0 saturated carbocycles. The van der Waals surface area contributed by atoms with Crippen LogP contribution < -0.4 is 11.1 Å². The number of carbonyl (C=O) groups is 1. The summed E-state index contributed by atoms with van der Waals surface area (Å²) in [5.74, 6) is 0.0848. The van der Waals surface area contributed by atoms with E-state index in [1.54, 1.807) is 18.2 Å². The van der Waals surface area contributed by atoms with Gasteiger partial charge in [0.05, 0.1) is 11.7 Å². The van der Waals surface area contributed by atoms with Gasteiger partial charge in [-0.3, -0.25) is 4.79 Å².